The van der Waals surface area contributed by atoms with Gasteiger partial charge in [0.1, 0.15) is 11.3 Å². The number of nitrogens with zero attached hydrogens (tertiary/aromatic N) is 2. The van der Waals surface area contributed by atoms with Gasteiger partial charge in [0.05, 0.1) is 7.11 Å². The van der Waals surface area contributed by atoms with Gasteiger partial charge in [0.2, 0.25) is 5.89 Å². The number of aryl methyl sites for hydroxylation is 1. The fraction of sp³-hybridized carbons (Fsp3) is 0.111. The van der Waals surface area contributed by atoms with Crippen molar-refractivity contribution in [3.63, 3.8) is 0 Å². The molecular weight excluding hydrogens is 292 g/mol. The lowest BCUT2D eigenvalue weighted by Gasteiger charge is -1.97. The summed E-state index contributed by atoms with van der Waals surface area (Å²) in [5.41, 5.74) is 2.57. The highest BCUT2D eigenvalue weighted by molar-refractivity contribution is 5.87. The average molecular weight is 306 g/mol. The normalized spacial score (nSPS) is 11.0. The molecule has 0 N–H and O–H groups in total. The van der Waals surface area contributed by atoms with E-state index in [0.29, 0.717) is 17.5 Å². The van der Waals surface area contributed by atoms with Crippen molar-refractivity contribution in [1.29, 1.82) is 0 Å². The standard InChI is InChI=1S/C18H14N2O3/c1-11-14-9-8-13(21-2)10-15(14)22-16(11)18-20-19-17(23-18)12-6-4-3-5-7-12/h3-10H,1-2H3. The molecular formula is C18H14N2O3. The zero-order valence-electron chi connectivity index (χ0n) is 12.7. The van der Waals surface area contributed by atoms with Crippen LogP contribution in [0.4, 0.5) is 0 Å². The molecule has 4 aromatic rings. The minimum Gasteiger partial charge on any atom is -0.497 e. The summed E-state index contributed by atoms with van der Waals surface area (Å²) in [6.45, 7) is 1.97. The first-order valence-electron chi connectivity index (χ1n) is 7.22. The molecule has 5 heteroatoms. The number of benzene rings is 2. The molecule has 5 nitrogen and oxygen atoms in total. The number of hydrogen-bond acceptors (Lipinski definition) is 5. The van der Waals surface area contributed by atoms with Crippen LogP contribution in [-0.4, -0.2) is 17.3 Å². The summed E-state index contributed by atoms with van der Waals surface area (Å²) in [4.78, 5) is 0. The van der Waals surface area contributed by atoms with Gasteiger partial charge in [-0.15, -0.1) is 10.2 Å². The largest absolute Gasteiger partial charge is 0.497 e. The molecule has 0 saturated heterocycles. The van der Waals surface area contributed by atoms with Crippen LogP contribution in [-0.2, 0) is 0 Å². The van der Waals surface area contributed by atoms with Gasteiger partial charge in [0.15, 0.2) is 5.76 Å². The van der Waals surface area contributed by atoms with E-state index in [4.69, 9.17) is 13.6 Å². The third kappa shape index (κ3) is 2.26. The Morgan fingerprint density at radius 2 is 1.70 bits per heavy atom. The van der Waals surface area contributed by atoms with Crippen LogP contribution < -0.4 is 4.74 Å². The topological polar surface area (TPSA) is 61.3 Å². The summed E-state index contributed by atoms with van der Waals surface area (Å²) < 4.78 is 16.9. The van der Waals surface area contributed by atoms with E-state index in [2.05, 4.69) is 10.2 Å². The maximum atomic E-state index is 5.90. The Hall–Kier alpha value is -3.08. The van der Waals surface area contributed by atoms with E-state index in [1.54, 1.807) is 7.11 Å². The second kappa shape index (κ2) is 5.28. The Balaban J connectivity index is 1.80. The number of fused-ring (bicyclic) bond motifs is 1. The van der Waals surface area contributed by atoms with Crippen molar-refractivity contribution in [3.05, 3.63) is 54.1 Å². The number of methoxy groups -OCH3 is 1. The van der Waals surface area contributed by atoms with E-state index < -0.39 is 0 Å². The SMILES string of the molecule is COc1ccc2c(C)c(-c3nnc(-c4ccccc4)o3)oc2c1. The van der Waals surface area contributed by atoms with Crippen LogP contribution in [0.3, 0.4) is 0 Å². The lowest BCUT2D eigenvalue weighted by atomic mass is 10.1. The highest BCUT2D eigenvalue weighted by Crippen LogP contribution is 2.35. The van der Waals surface area contributed by atoms with Gasteiger partial charge < -0.3 is 13.6 Å². The highest BCUT2D eigenvalue weighted by atomic mass is 16.5. The van der Waals surface area contributed by atoms with Crippen molar-refractivity contribution in [3.8, 4) is 28.9 Å². The van der Waals surface area contributed by atoms with E-state index in [0.717, 1.165) is 27.8 Å². The van der Waals surface area contributed by atoms with Crippen molar-refractivity contribution in [2.45, 2.75) is 6.92 Å². The molecule has 2 aromatic heterocycles. The first-order valence-corrected chi connectivity index (χ1v) is 7.22. The third-order valence-corrected chi connectivity index (χ3v) is 3.79. The van der Waals surface area contributed by atoms with Crippen LogP contribution in [0.5, 0.6) is 5.75 Å². The van der Waals surface area contributed by atoms with Gasteiger partial charge in [-0.3, -0.25) is 0 Å². The zero-order chi connectivity index (χ0) is 15.8. The van der Waals surface area contributed by atoms with Crippen molar-refractivity contribution in [2.75, 3.05) is 7.11 Å². The van der Waals surface area contributed by atoms with E-state index in [1.165, 1.54) is 0 Å². The quantitative estimate of drug-likeness (QED) is 0.559. The van der Waals surface area contributed by atoms with Gasteiger partial charge in [-0.05, 0) is 31.2 Å². The van der Waals surface area contributed by atoms with Crippen LogP contribution in [0.15, 0.2) is 57.4 Å². The molecule has 0 radical (unpaired) electrons. The van der Waals surface area contributed by atoms with Gasteiger partial charge in [0, 0.05) is 22.6 Å². The lowest BCUT2D eigenvalue weighted by Crippen LogP contribution is -1.80. The molecule has 0 fully saturated rings. The monoisotopic (exact) mass is 306 g/mol. The van der Waals surface area contributed by atoms with E-state index in [-0.39, 0.29) is 0 Å². The first kappa shape index (κ1) is 13.6. The highest BCUT2D eigenvalue weighted by Gasteiger charge is 2.19. The molecule has 4 rings (SSSR count). The fourth-order valence-corrected chi connectivity index (χ4v) is 2.55. The molecule has 0 unspecified atom stereocenters. The number of ether oxygens (including phenoxy) is 1. The maximum Gasteiger partial charge on any atom is 0.284 e. The number of aromatic nitrogens is 2. The molecule has 0 saturated carbocycles. The van der Waals surface area contributed by atoms with E-state index in [9.17, 15) is 0 Å². The summed E-state index contributed by atoms with van der Waals surface area (Å²) in [6.07, 6.45) is 0. The van der Waals surface area contributed by atoms with Crippen molar-refractivity contribution in [1.82, 2.24) is 10.2 Å². The minimum atomic E-state index is 0.372. The molecule has 0 spiro atoms. The average Bonchev–Trinajstić information content (AvgIpc) is 3.20. The molecule has 0 amide bonds. The number of hydrogen-bond donors (Lipinski definition) is 0. The van der Waals surface area contributed by atoms with Crippen molar-refractivity contribution >= 4 is 11.0 Å². The van der Waals surface area contributed by atoms with Gasteiger partial charge in [-0.25, -0.2) is 0 Å². The van der Waals surface area contributed by atoms with Gasteiger partial charge in [0.25, 0.3) is 5.89 Å². The summed E-state index contributed by atoms with van der Waals surface area (Å²) in [7, 11) is 1.63. The van der Waals surface area contributed by atoms with Crippen LogP contribution in [0, 0.1) is 6.92 Å². The predicted molar refractivity (Wildman–Crippen MR) is 86.2 cm³/mol. The summed E-state index contributed by atoms with van der Waals surface area (Å²) in [5.74, 6) is 2.17. The molecule has 0 bridgehead atoms. The third-order valence-electron chi connectivity index (χ3n) is 3.79. The predicted octanol–water partition coefficient (Wildman–Crippen LogP) is 4.47. The van der Waals surface area contributed by atoms with Crippen LogP contribution in [0.25, 0.3) is 34.1 Å². The lowest BCUT2D eigenvalue weighted by molar-refractivity contribution is 0.414. The zero-order valence-corrected chi connectivity index (χ0v) is 12.7. The summed E-state index contributed by atoms with van der Waals surface area (Å²) >= 11 is 0. The Labute approximate surface area is 132 Å². The van der Waals surface area contributed by atoms with Gasteiger partial charge >= 0.3 is 0 Å². The van der Waals surface area contributed by atoms with Crippen molar-refractivity contribution in [2.24, 2.45) is 0 Å². The Morgan fingerprint density at radius 3 is 2.48 bits per heavy atom. The summed E-state index contributed by atoms with van der Waals surface area (Å²) in [6, 6.07) is 15.4. The molecule has 0 aliphatic rings. The van der Waals surface area contributed by atoms with E-state index >= 15 is 0 Å². The molecule has 114 valence electrons. The molecule has 23 heavy (non-hydrogen) atoms. The second-order valence-electron chi connectivity index (χ2n) is 5.20. The molecule has 2 heterocycles. The number of rotatable bonds is 3. The fourth-order valence-electron chi connectivity index (χ4n) is 2.55. The minimum absolute atomic E-state index is 0.372. The molecule has 0 atom stereocenters. The summed E-state index contributed by atoms with van der Waals surface area (Å²) in [5, 5.41) is 9.23. The van der Waals surface area contributed by atoms with Crippen LogP contribution in [0.1, 0.15) is 5.56 Å². The van der Waals surface area contributed by atoms with Gasteiger partial charge in [-0.2, -0.15) is 0 Å². The first-order chi connectivity index (χ1) is 11.3. The Kier molecular flexibility index (Phi) is 3.12. The van der Waals surface area contributed by atoms with E-state index in [1.807, 2.05) is 55.5 Å². The molecule has 2 aromatic carbocycles. The Bertz CT molecular complexity index is 971. The van der Waals surface area contributed by atoms with Crippen LogP contribution in [0.2, 0.25) is 0 Å². The Morgan fingerprint density at radius 1 is 0.913 bits per heavy atom. The van der Waals surface area contributed by atoms with Crippen LogP contribution >= 0.6 is 0 Å². The maximum absolute atomic E-state index is 5.90. The second-order valence-corrected chi connectivity index (χ2v) is 5.20. The number of furan rings is 1. The van der Waals surface area contributed by atoms with Crippen molar-refractivity contribution < 1.29 is 13.6 Å². The molecule has 0 aliphatic heterocycles. The molecule has 0 aliphatic carbocycles. The smallest absolute Gasteiger partial charge is 0.284 e. The van der Waals surface area contributed by atoms with Gasteiger partial charge in [-0.1, -0.05) is 18.2 Å².